The normalized spacial score (nSPS) is 14.0. The van der Waals surface area contributed by atoms with E-state index in [0.717, 1.165) is 48.9 Å². The number of nitrogens with zero attached hydrogens (tertiary/aromatic N) is 3. The Bertz CT molecular complexity index is 1030. The zero-order valence-corrected chi connectivity index (χ0v) is 17.0. The van der Waals surface area contributed by atoms with Crippen molar-refractivity contribution in [3.05, 3.63) is 94.0 Å². The molecule has 0 unspecified atom stereocenters. The summed E-state index contributed by atoms with van der Waals surface area (Å²) in [6.07, 6.45) is 1.82. The van der Waals surface area contributed by atoms with E-state index in [-0.39, 0.29) is 5.69 Å². The largest absolute Gasteiger partial charge is 0.489 e. The van der Waals surface area contributed by atoms with Gasteiger partial charge in [0.25, 0.3) is 5.69 Å². The minimum absolute atomic E-state index is 0.0723. The Kier molecular flexibility index (Phi) is 6.54. The van der Waals surface area contributed by atoms with Crippen LogP contribution in [0.15, 0.2) is 77.8 Å². The number of rotatable bonds is 7. The van der Waals surface area contributed by atoms with Crippen molar-refractivity contribution in [1.29, 1.82) is 0 Å². The molecule has 31 heavy (non-hydrogen) atoms. The van der Waals surface area contributed by atoms with Crippen molar-refractivity contribution in [2.45, 2.75) is 6.61 Å². The molecule has 1 heterocycles. The summed E-state index contributed by atoms with van der Waals surface area (Å²) >= 11 is 0. The first-order chi connectivity index (χ1) is 15.2. The maximum Gasteiger partial charge on any atom is 0.269 e. The molecule has 4 rings (SSSR count). The lowest BCUT2D eigenvalue weighted by atomic mass is 10.2. The number of non-ortho nitro benzene ring substituents is 1. The molecule has 7 heteroatoms. The van der Waals surface area contributed by atoms with Crippen LogP contribution in [0.2, 0.25) is 0 Å². The lowest BCUT2D eigenvalue weighted by molar-refractivity contribution is -0.384. The molecule has 3 aromatic carbocycles. The SMILES string of the molecule is O=[N+]([O-])c1ccc(COc2ccc(C=Nc3ccc(N4CCOCC4)cc3)cc2)cc1. The Morgan fingerprint density at radius 3 is 2.29 bits per heavy atom. The third-order valence-electron chi connectivity index (χ3n) is 5.02. The minimum Gasteiger partial charge on any atom is -0.489 e. The van der Waals surface area contributed by atoms with Crippen molar-refractivity contribution in [3.63, 3.8) is 0 Å². The number of anilines is 1. The molecule has 0 spiro atoms. The molecule has 1 aliphatic rings. The summed E-state index contributed by atoms with van der Waals surface area (Å²) in [5.74, 6) is 0.727. The third kappa shape index (κ3) is 5.67. The number of benzene rings is 3. The standard InChI is InChI=1S/C24H23N3O4/c28-27(29)23-7-1-20(2-8-23)18-31-24-11-3-19(4-12-24)17-25-21-5-9-22(10-6-21)26-13-15-30-16-14-26/h1-12,17H,13-16,18H2. The van der Waals surface area contributed by atoms with Crippen molar-refractivity contribution < 1.29 is 14.4 Å². The van der Waals surface area contributed by atoms with E-state index in [2.05, 4.69) is 22.0 Å². The highest BCUT2D eigenvalue weighted by atomic mass is 16.6. The van der Waals surface area contributed by atoms with Crippen molar-refractivity contribution in [2.24, 2.45) is 4.99 Å². The van der Waals surface area contributed by atoms with E-state index in [4.69, 9.17) is 9.47 Å². The van der Waals surface area contributed by atoms with Gasteiger partial charge in [0.05, 0.1) is 23.8 Å². The predicted molar refractivity (Wildman–Crippen MR) is 121 cm³/mol. The first-order valence-corrected chi connectivity index (χ1v) is 10.1. The van der Waals surface area contributed by atoms with E-state index in [1.165, 1.54) is 17.8 Å². The predicted octanol–water partition coefficient (Wildman–Crippen LogP) is 4.76. The number of ether oxygens (including phenoxy) is 2. The van der Waals surface area contributed by atoms with E-state index in [1.807, 2.05) is 42.6 Å². The molecule has 1 fully saturated rings. The molecule has 3 aromatic rings. The summed E-state index contributed by atoms with van der Waals surface area (Å²) in [5.41, 5.74) is 4.01. The van der Waals surface area contributed by atoms with Crippen molar-refractivity contribution >= 4 is 23.3 Å². The summed E-state index contributed by atoms with van der Waals surface area (Å²) < 4.78 is 11.1. The van der Waals surface area contributed by atoms with Crippen LogP contribution < -0.4 is 9.64 Å². The van der Waals surface area contributed by atoms with Gasteiger partial charge in [-0.2, -0.15) is 0 Å². The maximum atomic E-state index is 10.7. The number of aliphatic imine (C=N–C) groups is 1. The van der Waals surface area contributed by atoms with Crippen LogP contribution in [-0.2, 0) is 11.3 Å². The zero-order chi connectivity index (χ0) is 21.5. The van der Waals surface area contributed by atoms with Gasteiger partial charge in [-0.15, -0.1) is 0 Å². The van der Waals surface area contributed by atoms with Crippen LogP contribution in [0.3, 0.4) is 0 Å². The van der Waals surface area contributed by atoms with Crippen LogP contribution in [-0.4, -0.2) is 37.4 Å². The number of hydrogen-bond donors (Lipinski definition) is 0. The molecule has 0 radical (unpaired) electrons. The van der Waals surface area contributed by atoms with Gasteiger partial charge in [-0.25, -0.2) is 0 Å². The monoisotopic (exact) mass is 417 g/mol. The topological polar surface area (TPSA) is 77.2 Å². The highest BCUT2D eigenvalue weighted by molar-refractivity contribution is 5.82. The molecular formula is C24H23N3O4. The lowest BCUT2D eigenvalue weighted by Crippen LogP contribution is -2.36. The lowest BCUT2D eigenvalue weighted by Gasteiger charge is -2.28. The number of nitro benzene ring substituents is 1. The first kappa shape index (κ1) is 20.6. The number of morpholine rings is 1. The molecule has 0 atom stereocenters. The summed E-state index contributed by atoms with van der Waals surface area (Å²) in [6.45, 7) is 3.73. The van der Waals surface area contributed by atoms with Crippen LogP contribution in [0.5, 0.6) is 5.75 Å². The van der Waals surface area contributed by atoms with Crippen molar-refractivity contribution in [2.75, 3.05) is 31.2 Å². The van der Waals surface area contributed by atoms with Gasteiger partial charge in [0.1, 0.15) is 12.4 Å². The van der Waals surface area contributed by atoms with Gasteiger partial charge in [-0.05, 0) is 71.8 Å². The average molecular weight is 417 g/mol. The van der Waals surface area contributed by atoms with E-state index in [9.17, 15) is 10.1 Å². The Labute approximate surface area is 180 Å². The average Bonchev–Trinajstić information content (AvgIpc) is 2.83. The van der Waals surface area contributed by atoms with Crippen LogP contribution in [0.1, 0.15) is 11.1 Å². The summed E-state index contributed by atoms with van der Waals surface area (Å²) in [7, 11) is 0. The van der Waals surface area contributed by atoms with Gasteiger partial charge in [0.15, 0.2) is 0 Å². The van der Waals surface area contributed by atoms with E-state index in [0.29, 0.717) is 6.61 Å². The summed E-state index contributed by atoms with van der Waals surface area (Å²) in [5, 5.41) is 10.7. The number of hydrogen-bond acceptors (Lipinski definition) is 6. The Hall–Kier alpha value is -3.71. The van der Waals surface area contributed by atoms with Gasteiger partial charge in [-0.1, -0.05) is 0 Å². The quantitative estimate of drug-likeness (QED) is 0.315. The molecule has 1 aliphatic heterocycles. The third-order valence-corrected chi connectivity index (χ3v) is 5.02. The molecule has 0 aliphatic carbocycles. The molecule has 0 N–H and O–H groups in total. The summed E-state index contributed by atoms with van der Waals surface area (Å²) in [6, 6.07) is 22.2. The first-order valence-electron chi connectivity index (χ1n) is 10.1. The van der Waals surface area contributed by atoms with E-state index < -0.39 is 4.92 Å². The molecule has 0 saturated carbocycles. The van der Waals surface area contributed by atoms with Gasteiger partial charge in [0, 0.05) is 37.1 Å². The Morgan fingerprint density at radius 2 is 1.65 bits per heavy atom. The second-order valence-corrected chi connectivity index (χ2v) is 7.16. The Balaban J connectivity index is 1.30. The maximum absolute atomic E-state index is 10.7. The molecule has 7 nitrogen and oxygen atoms in total. The second-order valence-electron chi connectivity index (χ2n) is 7.16. The molecule has 0 aromatic heterocycles. The van der Waals surface area contributed by atoms with Gasteiger partial charge in [-0.3, -0.25) is 15.1 Å². The van der Waals surface area contributed by atoms with E-state index in [1.54, 1.807) is 12.1 Å². The molecule has 0 bridgehead atoms. The highest BCUT2D eigenvalue weighted by Crippen LogP contribution is 2.21. The minimum atomic E-state index is -0.413. The van der Waals surface area contributed by atoms with Crippen molar-refractivity contribution in [3.8, 4) is 5.75 Å². The smallest absolute Gasteiger partial charge is 0.269 e. The Morgan fingerprint density at radius 1 is 0.968 bits per heavy atom. The van der Waals surface area contributed by atoms with Crippen LogP contribution in [0, 0.1) is 10.1 Å². The van der Waals surface area contributed by atoms with Crippen LogP contribution >= 0.6 is 0 Å². The van der Waals surface area contributed by atoms with Gasteiger partial charge in [0.2, 0.25) is 0 Å². The van der Waals surface area contributed by atoms with Crippen LogP contribution in [0.25, 0.3) is 0 Å². The summed E-state index contributed by atoms with van der Waals surface area (Å²) in [4.78, 5) is 17.1. The molecule has 1 saturated heterocycles. The fourth-order valence-corrected chi connectivity index (χ4v) is 3.25. The fraction of sp³-hybridized carbons (Fsp3) is 0.208. The van der Waals surface area contributed by atoms with Gasteiger partial charge >= 0.3 is 0 Å². The molecule has 158 valence electrons. The fourth-order valence-electron chi connectivity index (χ4n) is 3.25. The molecule has 0 amide bonds. The highest BCUT2D eigenvalue weighted by Gasteiger charge is 2.10. The van der Waals surface area contributed by atoms with Gasteiger partial charge < -0.3 is 14.4 Å². The zero-order valence-electron chi connectivity index (χ0n) is 17.0. The molecular weight excluding hydrogens is 394 g/mol. The van der Waals surface area contributed by atoms with Crippen LogP contribution in [0.4, 0.5) is 17.1 Å². The second kappa shape index (κ2) is 9.86. The van der Waals surface area contributed by atoms with Crippen molar-refractivity contribution in [1.82, 2.24) is 0 Å². The van der Waals surface area contributed by atoms with E-state index >= 15 is 0 Å². The number of nitro groups is 1.